The Labute approximate surface area is 41.8 Å². The molecule has 0 aliphatic carbocycles. The molecule has 0 spiro atoms. The van der Waals surface area contributed by atoms with Crippen molar-refractivity contribution in [1.82, 2.24) is 0 Å². The molecule has 0 saturated heterocycles. The summed E-state index contributed by atoms with van der Waals surface area (Å²) >= 11 is -14.6. The molecule has 0 saturated carbocycles. The number of hydrogen-bond donors (Lipinski definition) is 0. The molecule has 0 aromatic rings. The Morgan fingerprint density at radius 3 is 0.444 bits per heavy atom. The van der Waals surface area contributed by atoms with Gasteiger partial charge in [-0.1, -0.05) is 0 Å². The standard InChI is InChI=1S/Cu.8FH/h;8*1H/q+8;;;;;;;;/p-8. The molecule has 9 heteroatoms. The Bertz CT molecular complexity index is 139. The average molecular weight is 216 g/mol. The first kappa shape index (κ1) is 8.96. The Morgan fingerprint density at radius 1 is 0.444 bits per heavy atom. The van der Waals surface area contributed by atoms with Crippen molar-refractivity contribution in [3.8, 4) is 0 Å². The topological polar surface area (TPSA) is 0 Å². The molecule has 0 nitrogen and oxygen atoms in total. The second-order valence-electron chi connectivity index (χ2n) is 1.21. The van der Waals surface area contributed by atoms with Gasteiger partial charge in [0.05, 0.1) is 0 Å². The summed E-state index contributed by atoms with van der Waals surface area (Å²) < 4.78 is 79.1. The van der Waals surface area contributed by atoms with E-state index in [-0.39, 0.29) is 0 Å². The third-order valence-corrected chi connectivity index (χ3v) is 0. The minimum absolute atomic E-state index is 9.88. The maximum absolute atomic E-state index is 14.6. The van der Waals surface area contributed by atoms with E-state index in [1.54, 1.807) is 0 Å². The van der Waals surface area contributed by atoms with Crippen molar-refractivity contribution in [3.05, 3.63) is 0 Å². The molecule has 0 bridgehead atoms. The van der Waals surface area contributed by atoms with Crippen molar-refractivity contribution >= 4 is 0 Å². The van der Waals surface area contributed by atoms with Gasteiger partial charge in [-0.15, -0.1) is 0 Å². The van der Waals surface area contributed by atoms with Crippen LogP contribution in [0.15, 0.2) is 0 Å². The third-order valence-electron chi connectivity index (χ3n) is 0. The van der Waals surface area contributed by atoms with Crippen LogP contribution in [0.4, 0.5) is 28.4 Å². The van der Waals surface area contributed by atoms with Gasteiger partial charge in [0.2, 0.25) is 0 Å². The van der Waals surface area contributed by atoms with Gasteiger partial charge in [-0.05, 0) is 0 Å². The van der Waals surface area contributed by atoms with Crippen molar-refractivity contribution in [2.75, 3.05) is 0 Å². The fraction of sp³-hybridized carbons (Fsp3) is 0. The summed E-state index contributed by atoms with van der Waals surface area (Å²) in [5.74, 6) is 0. The van der Waals surface area contributed by atoms with Gasteiger partial charge in [0.15, 0.2) is 0 Å². The van der Waals surface area contributed by atoms with E-state index in [0.717, 1.165) is 0 Å². The Balaban J connectivity index is 5.84. The molecule has 67 valence electrons. The molecule has 0 unspecified atom stereocenters. The molecule has 0 radical (unpaired) electrons. The Hall–Kier alpha value is -0.0405. The van der Waals surface area contributed by atoms with E-state index in [4.69, 9.17) is 0 Å². The van der Waals surface area contributed by atoms with Gasteiger partial charge < -0.3 is 0 Å². The fourth-order valence-electron chi connectivity index (χ4n) is 0. The molecule has 0 fully saturated rings. The van der Waals surface area contributed by atoms with E-state index in [0.29, 0.717) is 0 Å². The van der Waals surface area contributed by atoms with Gasteiger partial charge in [0.1, 0.15) is 0 Å². The van der Waals surface area contributed by atoms with Gasteiger partial charge in [-0.3, -0.25) is 0 Å². The Kier molecular flexibility index (Phi) is 0.491. The van der Waals surface area contributed by atoms with Crippen LogP contribution in [0, 0.1) is 0 Å². The van der Waals surface area contributed by atoms with Gasteiger partial charge in [-0.25, -0.2) is 0 Å². The van der Waals surface area contributed by atoms with Crippen LogP contribution >= 0.6 is 0 Å². The summed E-state index contributed by atoms with van der Waals surface area (Å²) in [5, 5.41) is 0. The number of hydrogen-bond acceptors (Lipinski definition) is 0. The van der Waals surface area contributed by atoms with Crippen LogP contribution in [0.2, 0.25) is 0 Å². The van der Waals surface area contributed by atoms with E-state index in [1.165, 1.54) is 0 Å². The van der Waals surface area contributed by atoms with Crippen molar-refractivity contribution in [2.24, 2.45) is 0 Å². The zero-order valence-electron chi connectivity index (χ0n) is 3.33. The summed E-state index contributed by atoms with van der Waals surface area (Å²) in [4.78, 5) is 0. The Morgan fingerprint density at radius 2 is 0.444 bits per heavy atom. The summed E-state index contributed by atoms with van der Waals surface area (Å²) in [6.07, 6.45) is 0. The fourth-order valence-corrected chi connectivity index (χ4v) is 0. The van der Waals surface area contributed by atoms with Crippen LogP contribution in [0.1, 0.15) is 0 Å². The van der Waals surface area contributed by atoms with Crippen LogP contribution in [-0.2, 0) is 12.3 Å². The first-order valence-electron chi connectivity index (χ1n) is 0.912. The molecule has 0 rings (SSSR count). The van der Waals surface area contributed by atoms with Gasteiger partial charge >= 0.3 is 40.7 Å². The number of rotatable bonds is 0. The van der Waals surface area contributed by atoms with Crippen molar-refractivity contribution < 1.29 is 40.7 Å². The van der Waals surface area contributed by atoms with Crippen LogP contribution in [0.5, 0.6) is 0 Å². The van der Waals surface area contributed by atoms with Crippen LogP contribution in [0.3, 0.4) is 0 Å². The van der Waals surface area contributed by atoms with E-state index in [2.05, 4.69) is 0 Å². The van der Waals surface area contributed by atoms with E-state index in [9.17, 15) is 28.4 Å². The van der Waals surface area contributed by atoms with E-state index < -0.39 is 12.3 Å². The van der Waals surface area contributed by atoms with E-state index in [1.807, 2.05) is 0 Å². The molecule has 0 N–H and O–H groups in total. The van der Waals surface area contributed by atoms with Crippen molar-refractivity contribution in [2.45, 2.75) is 0 Å². The van der Waals surface area contributed by atoms with Crippen LogP contribution in [-0.4, -0.2) is 0 Å². The maximum atomic E-state index is 9.88. The summed E-state index contributed by atoms with van der Waals surface area (Å²) in [6, 6.07) is 0. The third kappa shape index (κ3) is 172000. The summed E-state index contributed by atoms with van der Waals surface area (Å²) in [5.41, 5.74) is 0. The van der Waals surface area contributed by atoms with Crippen LogP contribution < -0.4 is 0 Å². The minimum atomic E-state index is -14.6. The molecule has 0 amide bonds. The zero-order valence-corrected chi connectivity index (χ0v) is 4.27. The molecule has 0 aliphatic rings. The second kappa shape index (κ2) is 0.493. The first-order chi connectivity index (χ1) is 2.83. The van der Waals surface area contributed by atoms with Crippen LogP contribution in [0.25, 0.3) is 0 Å². The van der Waals surface area contributed by atoms with E-state index >= 15 is 0 Å². The summed E-state index contributed by atoms with van der Waals surface area (Å²) in [7, 11) is 0. The SMILES string of the molecule is [F][Cu]([F])([F])([F])([F])([F])([F])[F]. The monoisotopic (exact) mass is 215 g/mol. The molecule has 0 atom stereocenters. The first-order valence-corrected chi connectivity index (χ1v) is 3.76. The molecule has 0 aliphatic heterocycles. The molecular formula is CuF8. The van der Waals surface area contributed by atoms with Crippen molar-refractivity contribution in [3.63, 3.8) is 0 Å². The number of halogens is 8. The summed E-state index contributed by atoms with van der Waals surface area (Å²) in [6.45, 7) is 0. The second-order valence-corrected chi connectivity index (χ2v) is 4.97. The van der Waals surface area contributed by atoms with Gasteiger partial charge in [0.25, 0.3) is 0 Å². The molecular weight excluding hydrogens is 216 g/mol. The average Bonchev–Trinajstić information content (AvgIpc) is 0.503. The predicted octanol–water partition coefficient (Wildman–Crippen LogP) is 3.36. The molecule has 0 heterocycles. The zero-order chi connectivity index (χ0) is 8.35. The molecule has 0 aromatic heterocycles. The normalized spacial score (nSPS) is 31.1. The molecule has 9 heavy (non-hydrogen) atoms. The quantitative estimate of drug-likeness (QED) is 0.429. The van der Waals surface area contributed by atoms with Crippen molar-refractivity contribution in [1.29, 1.82) is 0 Å². The van der Waals surface area contributed by atoms with Gasteiger partial charge in [0, 0.05) is 0 Å². The molecule has 0 aromatic carbocycles. The van der Waals surface area contributed by atoms with Gasteiger partial charge in [-0.2, -0.15) is 0 Å². The predicted molar refractivity (Wildman–Crippen MR) is 8.86 cm³/mol.